The van der Waals surface area contributed by atoms with Gasteiger partial charge in [-0.05, 0) is 32.1 Å². The van der Waals surface area contributed by atoms with E-state index in [1.54, 1.807) is 0 Å². The fourth-order valence-corrected chi connectivity index (χ4v) is 2.13. The van der Waals surface area contributed by atoms with Crippen molar-refractivity contribution < 1.29 is 9.47 Å². The van der Waals surface area contributed by atoms with Crippen molar-refractivity contribution in [2.75, 3.05) is 19.8 Å². The lowest BCUT2D eigenvalue weighted by molar-refractivity contribution is -0.0116. The van der Waals surface area contributed by atoms with Crippen LogP contribution >= 0.6 is 0 Å². The number of hydrogen-bond donors (Lipinski definition) is 0. The Bertz CT molecular complexity index is 118. The molecule has 0 amide bonds. The molecule has 0 aromatic rings. The Morgan fingerprint density at radius 2 is 1.64 bits per heavy atom. The van der Waals surface area contributed by atoms with Crippen molar-refractivity contribution in [3.05, 3.63) is 0 Å². The lowest BCUT2D eigenvalue weighted by atomic mass is 9.92. The van der Waals surface area contributed by atoms with E-state index in [-0.39, 0.29) is 5.60 Å². The number of hydrogen-bond acceptors (Lipinski definition) is 2. The summed E-state index contributed by atoms with van der Waals surface area (Å²) in [6, 6.07) is 0. The molecule has 0 aromatic carbocycles. The van der Waals surface area contributed by atoms with Crippen LogP contribution in [0, 0.1) is 0 Å². The molecular weight excluding hydrogens is 140 g/mol. The smallest absolute Gasteiger partial charge is 0.0706 e. The van der Waals surface area contributed by atoms with Gasteiger partial charge in [-0.25, -0.2) is 0 Å². The first-order valence-electron chi connectivity index (χ1n) is 4.63. The van der Waals surface area contributed by atoms with Gasteiger partial charge in [-0.15, -0.1) is 0 Å². The van der Waals surface area contributed by atoms with Crippen molar-refractivity contribution in [3.63, 3.8) is 0 Å². The molecule has 11 heavy (non-hydrogen) atoms. The summed E-state index contributed by atoms with van der Waals surface area (Å²) in [5.41, 5.74) is 0.233. The summed E-state index contributed by atoms with van der Waals surface area (Å²) in [5.74, 6) is 0. The van der Waals surface area contributed by atoms with Crippen LogP contribution < -0.4 is 0 Å². The maximum atomic E-state index is 5.78. The van der Waals surface area contributed by atoms with E-state index in [0.717, 1.165) is 26.2 Å². The van der Waals surface area contributed by atoms with Gasteiger partial charge in [0.2, 0.25) is 0 Å². The van der Waals surface area contributed by atoms with E-state index in [4.69, 9.17) is 9.47 Å². The summed E-state index contributed by atoms with van der Waals surface area (Å²) in [6.07, 6.45) is 6.02. The van der Waals surface area contributed by atoms with E-state index in [9.17, 15) is 0 Å². The SMILES string of the molecule is C1COCCC2(C1)CCCO2. The molecule has 2 fully saturated rings. The van der Waals surface area contributed by atoms with Crippen LogP contribution in [0.2, 0.25) is 0 Å². The minimum atomic E-state index is 0.233. The molecule has 0 bridgehead atoms. The zero-order valence-corrected chi connectivity index (χ0v) is 6.97. The van der Waals surface area contributed by atoms with Crippen LogP contribution in [0.1, 0.15) is 32.1 Å². The molecule has 1 spiro atoms. The Morgan fingerprint density at radius 3 is 2.36 bits per heavy atom. The van der Waals surface area contributed by atoms with Crippen LogP contribution in [0.4, 0.5) is 0 Å². The quantitative estimate of drug-likeness (QED) is 0.532. The molecule has 2 rings (SSSR count). The third-order valence-corrected chi connectivity index (χ3v) is 2.81. The van der Waals surface area contributed by atoms with Crippen molar-refractivity contribution in [1.29, 1.82) is 0 Å². The number of ether oxygens (including phenoxy) is 2. The first-order valence-corrected chi connectivity index (χ1v) is 4.63. The van der Waals surface area contributed by atoms with Gasteiger partial charge in [0.15, 0.2) is 0 Å². The van der Waals surface area contributed by atoms with Gasteiger partial charge in [0.25, 0.3) is 0 Å². The summed E-state index contributed by atoms with van der Waals surface area (Å²) in [6.45, 7) is 2.81. The third-order valence-electron chi connectivity index (χ3n) is 2.81. The predicted molar refractivity (Wildman–Crippen MR) is 42.6 cm³/mol. The Labute approximate surface area is 67.9 Å². The fraction of sp³-hybridized carbons (Fsp3) is 1.00. The molecule has 0 radical (unpaired) electrons. The second-order valence-electron chi connectivity index (χ2n) is 3.60. The van der Waals surface area contributed by atoms with Gasteiger partial charge in [0, 0.05) is 19.8 Å². The van der Waals surface area contributed by atoms with Gasteiger partial charge in [-0.3, -0.25) is 0 Å². The highest BCUT2D eigenvalue weighted by molar-refractivity contribution is 4.85. The maximum absolute atomic E-state index is 5.78. The molecule has 0 aromatic heterocycles. The zero-order chi connectivity index (χ0) is 7.57. The average molecular weight is 156 g/mol. The van der Waals surface area contributed by atoms with Crippen LogP contribution in [-0.2, 0) is 9.47 Å². The summed E-state index contributed by atoms with van der Waals surface area (Å²) < 4.78 is 11.2. The normalized spacial score (nSPS) is 39.3. The van der Waals surface area contributed by atoms with Gasteiger partial charge in [0.05, 0.1) is 5.60 Å². The third kappa shape index (κ3) is 1.57. The molecule has 0 N–H and O–H groups in total. The standard InChI is InChI=1S/C9H16O2/c1-3-9(4-2-7-11-9)5-8-10-6-1/h1-8H2. The second-order valence-corrected chi connectivity index (χ2v) is 3.60. The Hall–Kier alpha value is -0.0800. The number of rotatable bonds is 0. The van der Waals surface area contributed by atoms with Gasteiger partial charge >= 0.3 is 0 Å². The predicted octanol–water partition coefficient (Wildman–Crippen LogP) is 1.74. The summed E-state index contributed by atoms with van der Waals surface area (Å²) in [4.78, 5) is 0. The Kier molecular flexibility index (Phi) is 2.14. The molecule has 2 heteroatoms. The summed E-state index contributed by atoms with van der Waals surface area (Å²) in [7, 11) is 0. The van der Waals surface area contributed by atoms with E-state index in [1.165, 1.54) is 25.7 Å². The van der Waals surface area contributed by atoms with Crippen molar-refractivity contribution in [2.24, 2.45) is 0 Å². The molecule has 1 unspecified atom stereocenters. The molecule has 2 aliphatic heterocycles. The highest BCUT2D eigenvalue weighted by atomic mass is 16.5. The molecule has 0 aliphatic carbocycles. The highest BCUT2D eigenvalue weighted by Crippen LogP contribution is 2.34. The molecule has 0 saturated carbocycles. The lowest BCUT2D eigenvalue weighted by Crippen LogP contribution is -2.27. The molecule has 2 heterocycles. The van der Waals surface area contributed by atoms with Crippen molar-refractivity contribution in [1.82, 2.24) is 0 Å². The Morgan fingerprint density at radius 1 is 0.818 bits per heavy atom. The topological polar surface area (TPSA) is 18.5 Å². The first-order chi connectivity index (χ1) is 5.41. The molecule has 1 atom stereocenters. The van der Waals surface area contributed by atoms with Gasteiger partial charge in [-0.2, -0.15) is 0 Å². The molecule has 2 aliphatic rings. The van der Waals surface area contributed by atoms with E-state index >= 15 is 0 Å². The van der Waals surface area contributed by atoms with E-state index < -0.39 is 0 Å². The summed E-state index contributed by atoms with van der Waals surface area (Å²) >= 11 is 0. The molecular formula is C9H16O2. The largest absolute Gasteiger partial charge is 0.381 e. The molecule has 2 saturated heterocycles. The maximum Gasteiger partial charge on any atom is 0.0706 e. The van der Waals surface area contributed by atoms with Gasteiger partial charge < -0.3 is 9.47 Å². The highest BCUT2D eigenvalue weighted by Gasteiger charge is 2.35. The van der Waals surface area contributed by atoms with Crippen LogP contribution in [0.15, 0.2) is 0 Å². The monoisotopic (exact) mass is 156 g/mol. The van der Waals surface area contributed by atoms with Crippen LogP contribution in [0.3, 0.4) is 0 Å². The van der Waals surface area contributed by atoms with Crippen molar-refractivity contribution in [3.8, 4) is 0 Å². The van der Waals surface area contributed by atoms with E-state index in [0.29, 0.717) is 0 Å². The van der Waals surface area contributed by atoms with Crippen molar-refractivity contribution >= 4 is 0 Å². The average Bonchev–Trinajstić information content (AvgIpc) is 2.32. The molecule has 2 nitrogen and oxygen atoms in total. The summed E-state index contributed by atoms with van der Waals surface area (Å²) in [5, 5.41) is 0. The van der Waals surface area contributed by atoms with Crippen LogP contribution in [-0.4, -0.2) is 25.4 Å². The minimum absolute atomic E-state index is 0.233. The zero-order valence-electron chi connectivity index (χ0n) is 6.97. The van der Waals surface area contributed by atoms with Crippen LogP contribution in [0.25, 0.3) is 0 Å². The fourth-order valence-electron chi connectivity index (χ4n) is 2.13. The lowest BCUT2D eigenvalue weighted by Gasteiger charge is -2.25. The Balaban J connectivity index is 1.97. The van der Waals surface area contributed by atoms with Gasteiger partial charge in [0.1, 0.15) is 0 Å². The van der Waals surface area contributed by atoms with Crippen molar-refractivity contribution in [2.45, 2.75) is 37.7 Å². The van der Waals surface area contributed by atoms with Gasteiger partial charge in [-0.1, -0.05) is 0 Å². The van der Waals surface area contributed by atoms with E-state index in [1.807, 2.05) is 0 Å². The second kappa shape index (κ2) is 3.11. The molecule has 64 valence electrons. The van der Waals surface area contributed by atoms with Crippen LogP contribution in [0.5, 0.6) is 0 Å². The minimum Gasteiger partial charge on any atom is -0.381 e. The first kappa shape index (κ1) is 7.56. The van der Waals surface area contributed by atoms with E-state index in [2.05, 4.69) is 0 Å².